The number of nitrogens with two attached hydrogens (primary N) is 1. The van der Waals surface area contributed by atoms with Gasteiger partial charge in [-0.1, -0.05) is 29.8 Å². The van der Waals surface area contributed by atoms with Gasteiger partial charge in [-0.15, -0.1) is 0 Å². The molecule has 0 aliphatic rings. The summed E-state index contributed by atoms with van der Waals surface area (Å²) in [5.41, 5.74) is 0.963. The first-order chi connectivity index (χ1) is 12.2. The second-order valence-corrected chi connectivity index (χ2v) is 7.11. The molecular weight excluding hydrogens is 380 g/mol. The molecule has 0 spiro atoms. The van der Waals surface area contributed by atoms with E-state index in [1.54, 1.807) is 24.3 Å². The molecule has 26 heavy (non-hydrogen) atoms. The van der Waals surface area contributed by atoms with E-state index >= 15 is 0 Å². The van der Waals surface area contributed by atoms with E-state index in [-0.39, 0.29) is 10.6 Å². The first-order valence-electron chi connectivity index (χ1n) is 7.27. The number of benzene rings is 2. The van der Waals surface area contributed by atoms with Crippen LogP contribution in [0.1, 0.15) is 5.56 Å². The Labute approximate surface area is 155 Å². The van der Waals surface area contributed by atoms with Crippen LogP contribution < -0.4 is 10.5 Å². The number of ether oxygens (including phenoxy) is 1. The van der Waals surface area contributed by atoms with Crippen molar-refractivity contribution >= 4 is 45.3 Å². The molecule has 0 unspecified atom stereocenters. The van der Waals surface area contributed by atoms with Gasteiger partial charge in [0.25, 0.3) is 5.91 Å². The summed E-state index contributed by atoms with van der Waals surface area (Å²) in [6.45, 7) is -0.524. The van der Waals surface area contributed by atoms with Crippen LogP contribution in [0.15, 0.2) is 59.5 Å². The molecule has 0 radical (unpaired) electrons. The monoisotopic (exact) mass is 394 g/mol. The predicted molar refractivity (Wildman–Crippen MR) is 97.9 cm³/mol. The standard InChI is InChI=1S/C17H15ClN2O5S/c18-13-7-4-12(5-8-13)6-9-17(22)25-11-16(21)20-14-2-1-3-15(10-14)26(19,23)24/h1-10H,11H2,(H,20,21)(H2,19,23,24)/b9-6+. The largest absolute Gasteiger partial charge is 0.452 e. The predicted octanol–water partition coefficient (Wildman–Crippen LogP) is 2.18. The molecule has 0 saturated carbocycles. The Morgan fingerprint density at radius 3 is 2.50 bits per heavy atom. The van der Waals surface area contributed by atoms with Gasteiger partial charge >= 0.3 is 5.97 Å². The van der Waals surface area contributed by atoms with E-state index in [1.165, 1.54) is 36.4 Å². The van der Waals surface area contributed by atoms with E-state index in [1.807, 2.05) is 0 Å². The Morgan fingerprint density at radius 2 is 1.85 bits per heavy atom. The summed E-state index contributed by atoms with van der Waals surface area (Å²) in [6, 6.07) is 12.2. The average Bonchev–Trinajstić information content (AvgIpc) is 2.59. The number of anilines is 1. The third-order valence-corrected chi connectivity index (χ3v) is 4.24. The number of primary sulfonamides is 1. The van der Waals surface area contributed by atoms with Crippen molar-refractivity contribution in [3.8, 4) is 0 Å². The van der Waals surface area contributed by atoms with Crippen molar-refractivity contribution in [1.82, 2.24) is 0 Å². The van der Waals surface area contributed by atoms with Gasteiger partial charge in [0.15, 0.2) is 6.61 Å². The van der Waals surface area contributed by atoms with Crippen LogP contribution in [0, 0.1) is 0 Å². The summed E-state index contributed by atoms with van der Waals surface area (Å²) in [5, 5.41) is 8.01. The number of hydrogen-bond donors (Lipinski definition) is 2. The summed E-state index contributed by atoms with van der Waals surface area (Å²) in [7, 11) is -3.88. The molecule has 3 N–H and O–H groups in total. The van der Waals surface area contributed by atoms with Crippen molar-refractivity contribution in [1.29, 1.82) is 0 Å². The molecule has 0 bridgehead atoms. The molecular formula is C17H15ClN2O5S. The molecule has 0 aliphatic carbocycles. The van der Waals surface area contributed by atoms with Crippen LogP contribution in [0.4, 0.5) is 5.69 Å². The summed E-state index contributed by atoms with van der Waals surface area (Å²) in [4.78, 5) is 23.3. The molecule has 0 aliphatic heterocycles. The third kappa shape index (κ3) is 6.32. The topological polar surface area (TPSA) is 116 Å². The lowest BCUT2D eigenvalue weighted by Crippen LogP contribution is -2.20. The van der Waals surface area contributed by atoms with Crippen LogP contribution in [-0.4, -0.2) is 26.9 Å². The molecule has 0 atom stereocenters. The number of esters is 1. The number of carbonyl (C=O) groups is 2. The van der Waals surface area contributed by atoms with Crippen LogP contribution in [0.2, 0.25) is 5.02 Å². The van der Waals surface area contributed by atoms with Crippen molar-refractivity contribution < 1.29 is 22.7 Å². The van der Waals surface area contributed by atoms with Gasteiger partial charge < -0.3 is 10.1 Å². The quantitative estimate of drug-likeness (QED) is 0.575. The maximum Gasteiger partial charge on any atom is 0.331 e. The molecule has 2 aromatic rings. The molecule has 2 aromatic carbocycles. The van der Waals surface area contributed by atoms with Crippen molar-refractivity contribution in [2.45, 2.75) is 4.90 Å². The second-order valence-electron chi connectivity index (χ2n) is 5.11. The molecule has 0 aromatic heterocycles. The third-order valence-electron chi connectivity index (χ3n) is 3.07. The van der Waals surface area contributed by atoms with E-state index in [0.717, 1.165) is 5.56 Å². The number of carbonyl (C=O) groups excluding carboxylic acids is 2. The lowest BCUT2D eigenvalue weighted by atomic mass is 10.2. The Morgan fingerprint density at radius 1 is 1.15 bits per heavy atom. The van der Waals surface area contributed by atoms with Crippen molar-refractivity contribution in [2.24, 2.45) is 5.14 Å². The molecule has 136 valence electrons. The zero-order valence-corrected chi connectivity index (χ0v) is 15.0. The minimum Gasteiger partial charge on any atom is -0.452 e. The summed E-state index contributed by atoms with van der Waals surface area (Å²) < 4.78 is 27.4. The molecule has 0 saturated heterocycles. The fraction of sp³-hybridized carbons (Fsp3) is 0.0588. The fourth-order valence-electron chi connectivity index (χ4n) is 1.87. The first-order valence-corrected chi connectivity index (χ1v) is 9.19. The molecule has 7 nitrogen and oxygen atoms in total. The molecule has 2 rings (SSSR count). The SMILES string of the molecule is NS(=O)(=O)c1cccc(NC(=O)COC(=O)/C=C/c2ccc(Cl)cc2)c1. The maximum atomic E-state index is 11.8. The Hall–Kier alpha value is -2.68. The van der Waals surface area contributed by atoms with Gasteiger partial charge in [0.2, 0.25) is 10.0 Å². The number of rotatable bonds is 6. The van der Waals surface area contributed by atoms with Gasteiger partial charge in [0.05, 0.1) is 4.90 Å². The Balaban J connectivity index is 1.86. The highest BCUT2D eigenvalue weighted by Crippen LogP contribution is 2.14. The Bertz CT molecular complexity index is 940. The van der Waals surface area contributed by atoms with E-state index in [4.69, 9.17) is 21.5 Å². The zero-order valence-electron chi connectivity index (χ0n) is 13.4. The molecule has 1 amide bonds. The summed E-state index contributed by atoms with van der Waals surface area (Å²) in [5.74, 6) is -1.32. The van der Waals surface area contributed by atoms with Gasteiger partial charge in [0.1, 0.15) is 0 Å². The molecule has 0 fully saturated rings. The number of nitrogens with one attached hydrogen (secondary N) is 1. The van der Waals surface area contributed by atoms with Gasteiger partial charge in [-0.05, 0) is 42.0 Å². The van der Waals surface area contributed by atoms with Crippen LogP contribution in [0.25, 0.3) is 6.08 Å². The number of halogens is 1. The highest BCUT2D eigenvalue weighted by atomic mass is 35.5. The first kappa shape index (κ1) is 19.6. The van der Waals surface area contributed by atoms with E-state index in [2.05, 4.69) is 5.32 Å². The highest BCUT2D eigenvalue weighted by molar-refractivity contribution is 7.89. The van der Waals surface area contributed by atoms with Crippen LogP contribution in [0.5, 0.6) is 0 Å². The van der Waals surface area contributed by atoms with E-state index in [0.29, 0.717) is 5.02 Å². The van der Waals surface area contributed by atoms with Crippen LogP contribution in [-0.2, 0) is 24.3 Å². The van der Waals surface area contributed by atoms with Crippen molar-refractivity contribution in [3.05, 3.63) is 65.2 Å². The highest BCUT2D eigenvalue weighted by Gasteiger charge is 2.10. The molecule has 9 heteroatoms. The lowest BCUT2D eigenvalue weighted by molar-refractivity contribution is -0.142. The zero-order chi connectivity index (χ0) is 19.2. The summed E-state index contributed by atoms with van der Waals surface area (Å²) in [6.07, 6.45) is 2.70. The maximum absolute atomic E-state index is 11.8. The van der Waals surface area contributed by atoms with Crippen molar-refractivity contribution in [2.75, 3.05) is 11.9 Å². The normalized spacial score (nSPS) is 11.3. The Kier molecular flexibility index (Phi) is 6.51. The van der Waals surface area contributed by atoms with E-state index < -0.39 is 28.5 Å². The number of amides is 1. The minimum atomic E-state index is -3.88. The lowest BCUT2D eigenvalue weighted by Gasteiger charge is -2.06. The smallest absolute Gasteiger partial charge is 0.331 e. The second kappa shape index (κ2) is 8.61. The minimum absolute atomic E-state index is 0.141. The van der Waals surface area contributed by atoms with E-state index in [9.17, 15) is 18.0 Å². The van der Waals surface area contributed by atoms with Gasteiger partial charge in [-0.3, -0.25) is 4.79 Å². The van der Waals surface area contributed by atoms with Gasteiger partial charge in [0, 0.05) is 16.8 Å². The van der Waals surface area contributed by atoms with Crippen LogP contribution in [0.3, 0.4) is 0 Å². The molecule has 0 heterocycles. The fourth-order valence-corrected chi connectivity index (χ4v) is 2.56. The number of sulfonamides is 1. The van der Waals surface area contributed by atoms with Gasteiger partial charge in [-0.25, -0.2) is 18.4 Å². The average molecular weight is 395 g/mol. The van der Waals surface area contributed by atoms with Crippen molar-refractivity contribution in [3.63, 3.8) is 0 Å². The van der Waals surface area contributed by atoms with Crippen LogP contribution >= 0.6 is 11.6 Å². The summed E-state index contributed by atoms with van der Waals surface area (Å²) >= 11 is 5.76. The number of hydrogen-bond acceptors (Lipinski definition) is 5. The van der Waals surface area contributed by atoms with Gasteiger partial charge in [-0.2, -0.15) is 0 Å².